The second-order valence-electron chi connectivity index (χ2n) is 7.57. The van der Waals surface area contributed by atoms with Crippen molar-refractivity contribution in [3.05, 3.63) is 83.4 Å². The fraction of sp³-hybridized carbons (Fsp3) is 0.208. The number of rotatable bonds is 6. The van der Waals surface area contributed by atoms with Gasteiger partial charge in [-0.1, -0.05) is 11.6 Å². The van der Waals surface area contributed by atoms with Crippen molar-refractivity contribution in [2.24, 2.45) is 0 Å². The van der Waals surface area contributed by atoms with Gasteiger partial charge in [-0.3, -0.25) is 9.10 Å². The molecule has 3 aromatic carbocycles. The Morgan fingerprint density at radius 2 is 1.55 bits per heavy atom. The number of halogens is 1. The van der Waals surface area contributed by atoms with Crippen molar-refractivity contribution >= 4 is 44.6 Å². The van der Waals surface area contributed by atoms with Crippen LogP contribution in [0.25, 0.3) is 0 Å². The van der Waals surface area contributed by atoms with E-state index >= 15 is 0 Å². The van der Waals surface area contributed by atoms with Gasteiger partial charge < -0.3 is 15.0 Å². The van der Waals surface area contributed by atoms with E-state index < -0.39 is 10.0 Å². The van der Waals surface area contributed by atoms with E-state index in [9.17, 15) is 13.2 Å². The van der Waals surface area contributed by atoms with Gasteiger partial charge in [-0.2, -0.15) is 0 Å². The lowest BCUT2D eigenvalue weighted by atomic mass is 10.2. The topological polar surface area (TPSA) is 79.0 Å². The quantitative estimate of drug-likeness (QED) is 0.564. The molecule has 0 saturated carbocycles. The van der Waals surface area contributed by atoms with Gasteiger partial charge in [-0.15, -0.1) is 0 Å². The van der Waals surface area contributed by atoms with E-state index in [1.807, 2.05) is 24.3 Å². The first-order valence-electron chi connectivity index (χ1n) is 10.4. The highest BCUT2D eigenvalue weighted by Gasteiger charge is 2.21. The number of hydrogen-bond donors (Lipinski definition) is 1. The Hall–Kier alpha value is -3.07. The maximum absolute atomic E-state index is 12.8. The molecule has 0 spiro atoms. The number of ether oxygens (including phenoxy) is 1. The molecule has 172 valence electrons. The summed E-state index contributed by atoms with van der Waals surface area (Å²) in [7, 11) is -2.27. The molecule has 0 aromatic heterocycles. The van der Waals surface area contributed by atoms with Crippen molar-refractivity contribution in [2.75, 3.05) is 47.9 Å². The number of amides is 1. The smallest absolute Gasteiger partial charge is 0.264 e. The standard InChI is InChI=1S/C24H24ClN3O4S/c1-27(33(30,31)23-12-4-19(25)5-13-23)21-8-2-18(3-9-21)24(29)26-20-6-10-22(11-7-20)28-14-16-32-17-15-28/h2-13H,14-17H2,1H3,(H,26,29). The molecule has 0 radical (unpaired) electrons. The first-order valence-corrected chi connectivity index (χ1v) is 12.2. The van der Waals surface area contributed by atoms with Crippen LogP contribution >= 0.6 is 11.6 Å². The lowest BCUT2D eigenvalue weighted by Crippen LogP contribution is -2.36. The Morgan fingerprint density at radius 3 is 2.15 bits per heavy atom. The fourth-order valence-electron chi connectivity index (χ4n) is 3.51. The monoisotopic (exact) mass is 485 g/mol. The van der Waals surface area contributed by atoms with E-state index in [1.165, 1.54) is 35.6 Å². The zero-order valence-corrected chi connectivity index (χ0v) is 19.6. The van der Waals surface area contributed by atoms with Gasteiger partial charge in [-0.25, -0.2) is 8.42 Å². The molecule has 1 saturated heterocycles. The van der Waals surface area contributed by atoms with Crippen LogP contribution in [-0.2, 0) is 14.8 Å². The van der Waals surface area contributed by atoms with E-state index in [0.717, 1.165) is 18.8 Å². The van der Waals surface area contributed by atoms with Crippen molar-refractivity contribution < 1.29 is 17.9 Å². The largest absolute Gasteiger partial charge is 0.378 e. The van der Waals surface area contributed by atoms with Crippen LogP contribution in [0.3, 0.4) is 0 Å². The van der Waals surface area contributed by atoms with Gasteiger partial charge in [0.05, 0.1) is 23.8 Å². The van der Waals surface area contributed by atoms with E-state index in [4.69, 9.17) is 16.3 Å². The molecule has 4 rings (SSSR count). The van der Waals surface area contributed by atoms with E-state index in [2.05, 4.69) is 10.2 Å². The lowest BCUT2D eigenvalue weighted by molar-refractivity contribution is 0.102. The highest BCUT2D eigenvalue weighted by Crippen LogP contribution is 2.24. The van der Waals surface area contributed by atoms with Crippen LogP contribution in [0.1, 0.15) is 10.4 Å². The number of anilines is 3. The number of carbonyl (C=O) groups is 1. The Balaban J connectivity index is 1.42. The van der Waals surface area contributed by atoms with Crippen LogP contribution in [-0.4, -0.2) is 47.7 Å². The molecule has 1 aliphatic heterocycles. The number of benzene rings is 3. The Bertz CT molecular complexity index is 1210. The van der Waals surface area contributed by atoms with Crippen molar-refractivity contribution in [1.29, 1.82) is 0 Å². The van der Waals surface area contributed by atoms with Gasteiger partial charge in [0.2, 0.25) is 0 Å². The molecule has 7 nitrogen and oxygen atoms in total. The normalized spacial score (nSPS) is 14.1. The van der Waals surface area contributed by atoms with Gasteiger partial charge in [-0.05, 0) is 72.8 Å². The minimum atomic E-state index is -3.74. The highest BCUT2D eigenvalue weighted by atomic mass is 35.5. The predicted molar refractivity (Wildman–Crippen MR) is 131 cm³/mol. The predicted octanol–water partition coefficient (Wildman–Crippen LogP) is 4.25. The lowest BCUT2D eigenvalue weighted by Gasteiger charge is -2.28. The summed E-state index contributed by atoms with van der Waals surface area (Å²) in [6, 6.07) is 20.1. The number of morpholine rings is 1. The molecule has 3 aromatic rings. The zero-order valence-electron chi connectivity index (χ0n) is 18.1. The van der Waals surface area contributed by atoms with Gasteiger partial charge in [0, 0.05) is 42.1 Å². The second kappa shape index (κ2) is 9.82. The minimum Gasteiger partial charge on any atom is -0.378 e. The number of nitrogens with one attached hydrogen (secondary N) is 1. The number of sulfonamides is 1. The Morgan fingerprint density at radius 1 is 0.939 bits per heavy atom. The second-order valence-corrected chi connectivity index (χ2v) is 9.98. The maximum atomic E-state index is 12.8. The van der Waals surface area contributed by atoms with Crippen LogP contribution in [0.4, 0.5) is 17.1 Å². The molecule has 0 bridgehead atoms. The van der Waals surface area contributed by atoms with Crippen LogP contribution in [0, 0.1) is 0 Å². The van der Waals surface area contributed by atoms with Gasteiger partial charge in [0.15, 0.2) is 0 Å². The highest BCUT2D eigenvalue weighted by molar-refractivity contribution is 7.92. The average Bonchev–Trinajstić information content (AvgIpc) is 2.85. The zero-order chi connectivity index (χ0) is 23.4. The molecule has 1 N–H and O–H groups in total. The van der Waals surface area contributed by atoms with Crippen molar-refractivity contribution in [3.63, 3.8) is 0 Å². The third-order valence-electron chi connectivity index (χ3n) is 5.47. The van der Waals surface area contributed by atoms with Crippen molar-refractivity contribution in [1.82, 2.24) is 0 Å². The molecule has 1 aliphatic rings. The van der Waals surface area contributed by atoms with Crippen LogP contribution in [0.15, 0.2) is 77.7 Å². The first kappa shape index (κ1) is 23.1. The third-order valence-corrected chi connectivity index (χ3v) is 7.52. The number of hydrogen-bond acceptors (Lipinski definition) is 5. The summed E-state index contributed by atoms with van der Waals surface area (Å²) in [4.78, 5) is 15.0. The Labute approximate surface area is 198 Å². The fourth-order valence-corrected chi connectivity index (χ4v) is 4.83. The maximum Gasteiger partial charge on any atom is 0.264 e. The minimum absolute atomic E-state index is 0.136. The van der Waals surface area contributed by atoms with Gasteiger partial charge in [0.1, 0.15) is 0 Å². The van der Waals surface area contributed by atoms with E-state index in [0.29, 0.717) is 35.2 Å². The van der Waals surface area contributed by atoms with Crippen LogP contribution in [0.2, 0.25) is 5.02 Å². The molecule has 0 atom stereocenters. The van der Waals surface area contributed by atoms with Gasteiger partial charge >= 0.3 is 0 Å². The first-order chi connectivity index (χ1) is 15.8. The number of carbonyl (C=O) groups excluding carboxylic acids is 1. The summed E-state index contributed by atoms with van der Waals surface area (Å²) in [6.07, 6.45) is 0. The summed E-state index contributed by atoms with van der Waals surface area (Å²) in [5.74, 6) is -0.274. The average molecular weight is 486 g/mol. The van der Waals surface area contributed by atoms with E-state index in [-0.39, 0.29) is 10.8 Å². The van der Waals surface area contributed by atoms with E-state index in [1.54, 1.807) is 24.3 Å². The Kier molecular flexibility index (Phi) is 6.88. The third kappa shape index (κ3) is 5.30. The molecular formula is C24H24ClN3O4S. The van der Waals surface area contributed by atoms with Gasteiger partial charge in [0.25, 0.3) is 15.9 Å². The molecule has 33 heavy (non-hydrogen) atoms. The molecule has 0 unspecified atom stereocenters. The summed E-state index contributed by atoms with van der Waals surface area (Å²) in [5.41, 5.74) is 2.64. The van der Waals surface area contributed by atoms with Crippen molar-refractivity contribution in [2.45, 2.75) is 4.90 Å². The molecule has 1 amide bonds. The molecule has 1 fully saturated rings. The summed E-state index contributed by atoms with van der Waals surface area (Å²) < 4.78 is 32.2. The SMILES string of the molecule is CN(c1ccc(C(=O)Nc2ccc(N3CCOCC3)cc2)cc1)S(=O)(=O)c1ccc(Cl)cc1. The molecule has 1 heterocycles. The summed E-state index contributed by atoms with van der Waals surface area (Å²) >= 11 is 5.85. The number of nitrogens with zero attached hydrogens (tertiary/aromatic N) is 2. The molecular weight excluding hydrogens is 462 g/mol. The van der Waals surface area contributed by atoms with Crippen LogP contribution < -0.4 is 14.5 Å². The summed E-state index contributed by atoms with van der Waals surface area (Å²) in [6.45, 7) is 3.12. The summed E-state index contributed by atoms with van der Waals surface area (Å²) in [5, 5.41) is 3.33. The van der Waals surface area contributed by atoms with Crippen LogP contribution in [0.5, 0.6) is 0 Å². The molecule has 9 heteroatoms. The van der Waals surface area contributed by atoms with Crippen molar-refractivity contribution in [3.8, 4) is 0 Å². The molecule has 0 aliphatic carbocycles.